The number of aromatic amines is 1. The third-order valence-electron chi connectivity index (χ3n) is 3.50. The Morgan fingerprint density at radius 3 is 2.73 bits per heavy atom. The van der Waals surface area contributed by atoms with Crippen LogP contribution in [0.15, 0.2) is 54.6 Å². The van der Waals surface area contributed by atoms with E-state index in [1.165, 1.54) is 11.0 Å². The molecule has 2 heterocycles. The number of anilines is 1. The van der Waals surface area contributed by atoms with Gasteiger partial charge in [0.15, 0.2) is 5.82 Å². The van der Waals surface area contributed by atoms with Crippen LogP contribution < -0.4 is 10.6 Å². The Balaban J connectivity index is 1.48. The highest BCUT2D eigenvalue weighted by Crippen LogP contribution is 2.27. The fraction of sp³-hybridized carbons (Fsp3) is 0.105. The van der Waals surface area contributed by atoms with Crippen LogP contribution in [-0.4, -0.2) is 28.6 Å². The van der Waals surface area contributed by atoms with Gasteiger partial charge in [-0.2, -0.15) is 5.10 Å². The highest BCUT2D eigenvalue weighted by Gasteiger charge is 2.09. The molecule has 132 valence electrons. The summed E-state index contributed by atoms with van der Waals surface area (Å²) in [7, 11) is 0. The zero-order valence-electron chi connectivity index (χ0n) is 14.2. The molecule has 3 rings (SSSR count). The number of nitrogens with one attached hydrogen (secondary N) is 3. The number of rotatable bonds is 6. The molecule has 0 spiro atoms. The van der Waals surface area contributed by atoms with Gasteiger partial charge in [-0.25, -0.2) is 0 Å². The normalized spacial score (nSPS) is 10.8. The number of aryl methyl sites for hydroxylation is 1. The van der Waals surface area contributed by atoms with Gasteiger partial charge in [0.05, 0.1) is 17.1 Å². The summed E-state index contributed by atoms with van der Waals surface area (Å²) in [6.45, 7) is 1.90. The van der Waals surface area contributed by atoms with E-state index >= 15 is 0 Å². The Morgan fingerprint density at radius 2 is 2.00 bits per heavy atom. The van der Waals surface area contributed by atoms with Crippen molar-refractivity contribution in [2.24, 2.45) is 0 Å². The largest absolute Gasteiger partial charge is 0.343 e. The number of nitrogens with zero attached hydrogens (tertiary/aromatic N) is 1. The molecule has 2 aromatic heterocycles. The van der Waals surface area contributed by atoms with Gasteiger partial charge in [-0.15, -0.1) is 11.3 Å². The molecule has 0 aliphatic carbocycles. The molecular formula is C19H18N4O2S. The summed E-state index contributed by atoms with van der Waals surface area (Å²) in [4.78, 5) is 26.0. The summed E-state index contributed by atoms with van der Waals surface area (Å²) >= 11 is 1.64. The monoisotopic (exact) mass is 366 g/mol. The SMILES string of the molecule is Cc1ccc(-c2cc(NC(=O)CNC(=O)/C=C/c3ccccc3)n[nH]2)s1. The number of aromatic nitrogens is 2. The number of hydrogen-bond donors (Lipinski definition) is 3. The average molecular weight is 366 g/mol. The van der Waals surface area contributed by atoms with Gasteiger partial charge in [-0.1, -0.05) is 30.3 Å². The molecule has 0 saturated heterocycles. The Labute approximate surface area is 155 Å². The topological polar surface area (TPSA) is 86.9 Å². The Morgan fingerprint density at radius 1 is 1.19 bits per heavy atom. The zero-order chi connectivity index (χ0) is 18.4. The molecule has 0 atom stereocenters. The molecule has 3 aromatic rings. The highest BCUT2D eigenvalue weighted by molar-refractivity contribution is 7.15. The van der Waals surface area contributed by atoms with E-state index in [2.05, 4.69) is 20.8 Å². The summed E-state index contributed by atoms with van der Waals surface area (Å²) < 4.78 is 0. The van der Waals surface area contributed by atoms with Crippen LogP contribution in [0.5, 0.6) is 0 Å². The number of benzene rings is 1. The van der Waals surface area contributed by atoms with Gasteiger partial charge in [-0.3, -0.25) is 14.7 Å². The summed E-state index contributed by atoms with van der Waals surface area (Å²) in [5.41, 5.74) is 1.76. The van der Waals surface area contributed by atoms with Gasteiger partial charge in [-0.05, 0) is 30.7 Å². The van der Waals surface area contributed by atoms with Crippen molar-refractivity contribution in [1.29, 1.82) is 0 Å². The lowest BCUT2D eigenvalue weighted by molar-refractivity contribution is -0.121. The van der Waals surface area contributed by atoms with E-state index in [1.807, 2.05) is 49.4 Å². The lowest BCUT2D eigenvalue weighted by atomic mass is 10.2. The molecule has 0 saturated carbocycles. The van der Waals surface area contributed by atoms with Gasteiger partial charge in [0, 0.05) is 17.0 Å². The van der Waals surface area contributed by atoms with Crippen LogP contribution in [0.25, 0.3) is 16.6 Å². The van der Waals surface area contributed by atoms with Gasteiger partial charge < -0.3 is 10.6 Å². The van der Waals surface area contributed by atoms with E-state index in [-0.39, 0.29) is 18.4 Å². The quantitative estimate of drug-likeness (QED) is 0.586. The number of hydrogen-bond acceptors (Lipinski definition) is 4. The van der Waals surface area contributed by atoms with Gasteiger partial charge in [0.2, 0.25) is 11.8 Å². The molecule has 2 amide bonds. The van der Waals surface area contributed by atoms with Crippen molar-refractivity contribution in [1.82, 2.24) is 15.5 Å². The third kappa shape index (κ3) is 4.90. The Bertz CT molecular complexity index is 928. The van der Waals surface area contributed by atoms with Crippen molar-refractivity contribution < 1.29 is 9.59 Å². The molecule has 0 aliphatic heterocycles. The first-order chi connectivity index (χ1) is 12.6. The van der Waals surface area contributed by atoms with Crippen LogP contribution in [0.2, 0.25) is 0 Å². The lowest BCUT2D eigenvalue weighted by Gasteiger charge is -2.02. The smallest absolute Gasteiger partial charge is 0.244 e. The number of carbonyl (C=O) groups is 2. The van der Waals surface area contributed by atoms with E-state index in [0.717, 1.165) is 16.1 Å². The third-order valence-corrected chi connectivity index (χ3v) is 4.54. The van der Waals surface area contributed by atoms with Gasteiger partial charge in [0.1, 0.15) is 0 Å². The van der Waals surface area contributed by atoms with Crippen LogP contribution in [0.4, 0.5) is 5.82 Å². The predicted molar refractivity (Wildman–Crippen MR) is 104 cm³/mol. The van der Waals surface area contributed by atoms with E-state index in [0.29, 0.717) is 5.82 Å². The van der Waals surface area contributed by atoms with Crippen molar-refractivity contribution >= 4 is 35.0 Å². The molecule has 1 aromatic carbocycles. The Hall–Kier alpha value is -3.19. The highest BCUT2D eigenvalue weighted by atomic mass is 32.1. The molecule has 0 aliphatic rings. The minimum absolute atomic E-state index is 0.127. The standard InChI is InChI=1S/C19H18N4O2S/c1-13-7-9-16(26-13)15-11-17(23-22-15)21-19(25)12-20-18(24)10-8-14-5-3-2-4-6-14/h2-11H,12H2,1H3,(H,20,24)(H2,21,22,23,25)/b10-8+. The maximum Gasteiger partial charge on any atom is 0.244 e. The van der Waals surface area contributed by atoms with Crippen LogP contribution in [-0.2, 0) is 9.59 Å². The van der Waals surface area contributed by atoms with E-state index in [1.54, 1.807) is 23.5 Å². The predicted octanol–water partition coefficient (Wildman–Crippen LogP) is 3.21. The number of carbonyl (C=O) groups excluding carboxylic acids is 2. The van der Waals surface area contributed by atoms with Crippen LogP contribution in [0, 0.1) is 6.92 Å². The summed E-state index contributed by atoms with van der Waals surface area (Å²) in [5.74, 6) is -0.252. The van der Waals surface area contributed by atoms with E-state index in [9.17, 15) is 9.59 Å². The van der Waals surface area contributed by atoms with Crippen molar-refractivity contribution in [3.8, 4) is 10.6 Å². The van der Waals surface area contributed by atoms with Crippen molar-refractivity contribution in [3.05, 3.63) is 65.0 Å². The first-order valence-corrected chi connectivity index (χ1v) is 8.85. The van der Waals surface area contributed by atoms with Crippen molar-refractivity contribution in [2.75, 3.05) is 11.9 Å². The van der Waals surface area contributed by atoms with Gasteiger partial charge >= 0.3 is 0 Å². The fourth-order valence-corrected chi connectivity index (χ4v) is 3.07. The molecule has 0 fully saturated rings. The number of thiophene rings is 1. The minimum atomic E-state index is -0.341. The summed E-state index contributed by atoms with van der Waals surface area (Å²) in [6, 6.07) is 15.3. The maximum atomic E-state index is 11.9. The Kier molecular flexibility index (Phi) is 5.60. The van der Waals surface area contributed by atoms with Gasteiger partial charge in [0.25, 0.3) is 0 Å². The molecule has 26 heavy (non-hydrogen) atoms. The number of H-pyrrole nitrogens is 1. The van der Waals surface area contributed by atoms with Crippen molar-refractivity contribution in [2.45, 2.75) is 6.92 Å². The molecular weight excluding hydrogens is 348 g/mol. The van der Waals surface area contributed by atoms with Crippen LogP contribution >= 0.6 is 11.3 Å². The van der Waals surface area contributed by atoms with Crippen LogP contribution in [0.3, 0.4) is 0 Å². The lowest BCUT2D eigenvalue weighted by Crippen LogP contribution is -2.31. The van der Waals surface area contributed by atoms with Crippen LogP contribution in [0.1, 0.15) is 10.4 Å². The van der Waals surface area contributed by atoms with E-state index in [4.69, 9.17) is 0 Å². The second kappa shape index (κ2) is 8.26. The number of amides is 2. The summed E-state index contributed by atoms with van der Waals surface area (Å²) in [6.07, 6.45) is 3.09. The maximum absolute atomic E-state index is 11.9. The molecule has 0 radical (unpaired) electrons. The first kappa shape index (κ1) is 17.6. The molecule has 6 nitrogen and oxygen atoms in total. The molecule has 0 bridgehead atoms. The second-order valence-corrected chi connectivity index (χ2v) is 6.88. The average Bonchev–Trinajstić information content (AvgIpc) is 3.28. The van der Waals surface area contributed by atoms with E-state index < -0.39 is 0 Å². The minimum Gasteiger partial charge on any atom is -0.343 e. The second-order valence-electron chi connectivity index (χ2n) is 5.59. The molecule has 3 N–H and O–H groups in total. The molecule has 7 heteroatoms. The summed E-state index contributed by atoms with van der Waals surface area (Å²) in [5, 5.41) is 12.2. The fourth-order valence-electron chi connectivity index (χ4n) is 2.24. The van der Waals surface area contributed by atoms with Crippen molar-refractivity contribution in [3.63, 3.8) is 0 Å². The zero-order valence-corrected chi connectivity index (χ0v) is 15.0. The first-order valence-electron chi connectivity index (χ1n) is 8.03. The molecule has 0 unspecified atom stereocenters.